The fraction of sp³-hybridized carbons (Fsp3) is 0.250. The van der Waals surface area contributed by atoms with E-state index in [1.54, 1.807) is 6.92 Å². The van der Waals surface area contributed by atoms with Gasteiger partial charge in [-0.15, -0.1) is 0 Å². The van der Waals surface area contributed by atoms with Gasteiger partial charge < -0.3 is 16.2 Å². The van der Waals surface area contributed by atoms with E-state index < -0.39 is 6.10 Å². The highest BCUT2D eigenvalue weighted by atomic mass is 16.3. The Morgan fingerprint density at radius 2 is 1.68 bits per heavy atom. The number of aliphatic hydroxyl groups excluding tert-OH is 1. The van der Waals surface area contributed by atoms with Crippen molar-refractivity contribution in [2.45, 2.75) is 26.0 Å². The Hall–Kier alpha value is -2.00. The number of nitrogen functional groups attached to an aromatic ring is 1. The average Bonchev–Trinajstić information content (AvgIpc) is 2.39. The Kier molecular flexibility index (Phi) is 4.07. The molecular formula is C16H20N2O. The minimum atomic E-state index is -0.450. The van der Waals surface area contributed by atoms with E-state index in [4.69, 9.17) is 5.73 Å². The fourth-order valence-electron chi connectivity index (χ4n) is 2.01. The molecule has 0 saturated heterocycles. The first kappa shape index (κ1) is 13.4. The van der Waals surface area contributed by atoms with Gasteiger partial charge in [-0.3, -0.25) is 0 Å². The molecule has 2 atom stereocenters. The van der Waals surface area contributed by atoms with E-state index in [1.165, 1.54) is 5.56 Å². The average molecular weight is 256 g/mol. The Morgan fingerprint density at radius 1 is 1.00 bits per heavy atom. The van der Waals surface area contributed by atoms with Crippen molar-refractivity contribution in [1.29, 1.82) is 0 Å². The monoisotopic (exact) mass is 256 g/mol. The van der Waals surface area contributed by atoms with E-state index in [2.05, 4.69) is 12.2 Å². The number of aliphatic hydroxyl groups is 1. The highest BCUT2D eigenvalue weighted by molar-refractivity contribution is 5.49. The van der Waals surface area contributed by atoms with Crippen LogP contribution in [0.1, 0.15) is 37.1 Å². The molecular weight excluding hydrogens is 236 g/mol. The molecule has 0 saturated carbocycles. The largest absolute Gasteiger partial charge is 0.399 e. The van der Waals surface area contributed by atoms with Gasteiger partial charge in [-0.05, 0) is 49.2 Å². The molecule has 0 spiro atoms. The molecule has 2 unspecified atom stereocenters. The number of benzene rings is 2. The smallest absolute Gasteiger partial charge is 0.0762 e. The molecule has 0 heterocycles. The number of hydrogen-bond acceptors (Lipinski definition) is 3. The molecule has 4 N–H and O–H groups in total. The Morgan fingerprint density at radius 3 is 2.32 bits per heavy atom. The number of anilines is 2. The highest BCUT2D eigenvalue weighted by Gasteiger charge is 2.06. The second-order valence-electron chi connectivity index (χ2n) is 4.83. The predicted octanol–water partition coefficient (Wildman–Crippen LogP) is 3.50. The van der Waals surface area contributed by atoms with Crippen LogP contribution in [0.2, 0.25) is 0 Å². The maximum Gasteiger partial charge on any atom is 0.0762 e. The van der Waals surface area contributed by atoms with Crippen LogP contribution < -0.4 is 11.1 Å². The molecule has 0 amide bonds. The minimum absolute atomic E-state index is 0.185. The lowest BCUT2D eigenvalue weighted by Gasteiger charge is -2.17. The van der Waals surface area contributed by atoms with Gasteiger partial charge in [0.2, 0.25) is 0 Å². The van der Waals surface area contributed by atoms with E-state index in [1.807, 2.05) is 48.5 Å². The van der Waals surface area contributed by atoms with Gasteiger partial charge in [-0.1, -0.05) is 24.3 Å². The van der Waals surface area contributed by atoms with Gasteiger partial charge in [-0.2, -0.15) is 0 Å². The molecule has 0 fully saturated rings. The fourth-order valence-corrected chi connectivity index (χ4v) is 2.01. The van der Waals surface area contributed by atoms with Crippen LogP contribution in [0.15, 0.2) is 48.5 Å². The number of hydrogen-bond donors (Lipinski definition) is 3. The lowest BCUT2D eigenvalue weighted by molar-refractivity contribution is 0.199. The molecule has 2 rings (SSSR count). The summed E-state index contributed by atoms with van der Waals surface area (Å²) in [5.41, 5.74) is 9.55. The predicted molar refractivity (Wildman–Crippen MR) is 80.0 cm³/mol. The Balaban J connectivity index is 2.12. The van der Waals surface area contributed by atoms with Crippen LogP contribution in [-0.2, 0) is 0 Å². The quantitative estimate of drug-likeness (QED) is 0.734. The first-order valence-electron chi connectivity index (χ1n) is 6.46. The normalized spacial score (nSPS) is 13.8. The summed E-state index contributed by atoms with van der Waals surface area (Å²) in [6.07, 6.45) is -0.450. The van der Waals surface area contributed by atoms with Crippen LogP contribution in [0, 0.1) is 0 Å². The van der Waals surface area contributed by atoms with Gasteiger partial charge in [0.15, 0.2) is 0 Å². The molecule has 3 heteroatoms. The first-order chi connectivity index (χ1) is 9.06. The first-order valence-corrected chi connectivity index (χ1v) is 6.46. The lowest BCUT2D eigenvalue weighted by atomic mass is 10.1. The van der Waals surface area contributed by atoms with Gasteiger partial charge in [0.05, 0.1) is 6.10 Å². The minimum Gasteiger partial charge on any atom is -0.399 e. The number of nitrogens with two attached hydrogens (primary N) is 1. The summed E-state index contributed by atoms with van der Waals surface area (Å²) in [4.78, 5) is 0. The van der Waals surface area contributed by atoms with Crippen LogP contribution in [0.25, 0.3) is 0 Å². The molecule has 0 radical (unpaired) electrons. The van der Waals surface area contributed by atoms with Crippen molar-refractivity contribution in [3.8, 4) is 0 Å². The third kappa shape index (κ3) is 3.48. The number of nitrogens with one attached hydrogen (secondary N) is 1. The second kappa shape index (κ2) is 5.76. The van der Waals surface area contributed by atoms with Gasteiger partial charge in [0.25, 0.3) is 0 Å². The van der Waals surface area contributed by atoms with Crippen molar-refractivity contribution in [3.05, 3.63) is 59.7 Å². The standard InChI is InChI=1S/C16H20N2O/c1-11(13-6-8-15(17)9-7-13)18-16-5-3-4-14(10-16)12(2)19/h3-12,18-19H,17H2,1-2H3. The summed E-state index contributed by atoms with van der Waals surface area (Å²) < 4.78 is 0. The zero-order chi connectivity index (χ0) is 13.8. The maximum absolute atomic E-state index is 9.59. The van der Waals surface area contributed by atoms with Crippen molar-refractivity contribution < 1.29 is 5.11 Å². The lowest BCUT2D eigenvalue weighted by Crippen LogP contribution is -2.07. The summed E-state index contributed by atoms with van der Waals surface area (Å²) >= 11 is 0. The second-order valence-corrected chi connectivity index (χ2v) is 4.83. The van der Waals surface area contributed by atoms with E-state index in [0.29, 0.717) is 0 Å². The van der Waals surface area contributed by atoms with Crippen molar-refractivity contribution >= 4 is 11.4 Å². The highest BCUT2D eigenvalue weighted by Crippen LogP contribution is 2.22. The zero-order valence-corrected chi connectivity index (χ0v) is 11.3. The summed E-state index contributed by atoms with van der Waals surface area (Å²) in [7, 11) is 0. The third-order valence-corrected chi connectivity index (χ3v) is 3.19. The molecule has 0 aromatic heterocycles. The Bertz CT molecular complexity index is 535. The van der Waals surface area contributed by atoms with Crippen LogP contribution in [0.4, 0.5) is 11.4 Å². The molecule has 3 nitrogen and oxygen atoms in total. The molecule has 0 aliphatic carbocycles. The van der Waals surface area contributed by atoms with Crippen molar-refractivity contribution in [2.75, 3.05) is 11.1 Å². The van der Waals surface area contributed by atoms with E-state index in [-0.39, 0.29) is 6.04 Å². The van der Waals surface area contributed by atoms with Crippen molar-refractivity contribution in [2.24, 2.45) is 0 Å². The number of rotatable bonds is 4. The van der Waals surface area contributed by atoms with Crippen LogP contribution in [-0.4, -0.2) is 5.11 Å². The summed E-state index contributed by atoms with van der Waals surface area (Å²) in [5.74, 6) is 0. The van der Waals surface area contributed by atoms with E-state index >= 15 is 0 Å². The van der Waals surface area contributed by atoms with Gasteiger partial charge in [-0.25, -0.2) is 0 Å². The summed E-state index contributed by atoms with van der Waals surface area (Å²) in [5, 5.41) is 13.0. The molecule has 0 aliphatic rings. The molecule has 0 bridgehead atoms. The molecule has 100 valence electrons. The van der Waals surface area contributed by atoms with Crippen molar-refractivity contribution in [1.82, 2.24) is 0 Å². The third-order valence-electron chi connectivity index (χ3n) is 3.19. The molecule has 2 aromatic carbocycles. The van der Waals surface area contributed by atoms with Crippen LogP contribution in [0.5, 0.6) is 0 Å². The topological polar surface area (TPSA) is 58.3 Å². The Labute approximate surface area is 114 Å². The van der Waals surface area contributed by atoms with Gasteiger partial charge >= 0.3 is 0 Å². The maximum atomic E-state index is 9.59. The summed E-state index contributed by atoms with van der Waals surface area (Å²) in [6.45, 7) is 3.86. The van der Waals surface area contributed by atoms with Gasteiger partial charge in [0.1, 0.15) is 0 Å². The molecule has 19 heavy (non-hydrogen) atoms. The SMILES string of the molecule is CC(O)c1cccc(NC(C)c2ccc(N)cc2)c1. The van der Waals surface area contributed by atoms with E-state index in [9.17, 15) is 5.11 Å². The van der Waals surface area contributed by atoms with Crippen molar-refractivity contribution in [3.63, 3.8) is 0 Å². The van der Waals surface area contributed by atoms with Gasteiger partial charge in [0, 0.05) is 17.4 Å². The van der Waals surface area contributed by atoms with Crippen LogP contribution >= 0.6 is 0 Å². The van der Waals surface area contributed by atoms with E-state index in [0.717, 1.165) is 16.9 Å². The molecule has 0 aliphatic heterocycles. The zero-order valence-electron chi connectivity index (χ0n) is 11.3. The summed E-state index contributed by atoms with van der Waals surface area (Å²) in [6, 6.07) is 15.9. The molecule has 2 aromatic rings. The van der Waals surface area contributed by atoms with Crippen LogP contribution in [0.3, 0.4) is 0 Å².